The van der Waals surface area contributed by atoms with E-state index in [9.17, 15) is 0 Å². The van der Waals surface area contributed by atoms with Crippen LogP contribution in [-0.2, 0) is 17.7 Å². The standard InChI is InChI=1S/C14H24N4O/c1-2-7-15-12-10-19-9-11(12)14-17-16-13-6-4-3-5-8-18(13)14/h11-12,15H,2-10H2,1H3. The van der Waals surface area contributed by atoms with Gasteiger partial charge in [0.25, 0.3) is 0 Å². The van der Waals surface area contributed by atoms with Gasteiger partial charge in [0, 0.05) is 19.0 Å². The molecule has 0 aromatic carbocycles. The molecule has 0 aliphatic carbocycles. The number of nitrogens with one attached hydrogen (secondary N) is 1. The van der Waals surface area contributed by atoms with Crippen LogP contribution < -0.4 is 5.32 Å². The van der Waals surface area contributed by atoms with Crippen molar-refractivity contribution in [2.75, 3.05) is 19.8 Å². The second-order valence-corrected chi connectivity index (χ2v) is 5.64. The van der Waals surface area contributed by atoms with Crippen LogP contribution in [0.4, 0.5) is 0 Å². The summed E-state index contributed by atoms with van der Waals surface area (Å²) < 4.78 is 8.02. The van der Waals surface area contributed by atoms with Crippen LogP contribution >= 0.6 is 0 Å². The molecule has 1 N–H and O–H groups in total. The third kappa shape index (κ3) is 2.67. The molecule has 0 bridgehead atoms. The first-order chi connectivity index (χ1) is 9.40. The molecule has 3 heterocycles. The lowest BCUT2D eigenvalue weighted by Crippen LogP contribution is -2.36. The normalized spacial score (nSPS) is 27.2. The summed E-state index contributed by atoms with van der Waals surface area (Å²) in [6.45, 7) is 5.90. The molecule has 1 aromatic rings. The van der Waals surface area contributed by atoms with Crippen molar-refractivity contribution >= 4 is 0 Å². The Hall–Kier alpha value is -0.940. The SMILES string of the molecule is CCCNC1COCC1c1nnc2n1CCCCC2. The van der Waals surface area contributed by atoms with Crippen LogP contribution in [0.25, 0.3) is 0 Å². The Bertz CT molecular complexity index is 418. The van der Waals surface area contributed by atoms with Gasteiger partial charge in [0.15, 0.2) is 0 Å². The number of hydrogen-bond acceptors (Lipinski definition) is 4. The van der Waals surface area contributed by atoms with Crippen LogP contribution in [0.1, 0.15) is 50.2 Å². The molecular weight excluding hydrogens is 240 g/mol. The van der Waals surface area contributed by atoms with Crippen LogP contribution in [0.5, 0.6) is 0 Å². The van der Waals surface area contributed by atoms with Gasteiger partial charge in [-0.3, -0.25) is 0 Å². The number of aryl methyl sites for hydroxylation is 1. The average Bonchev–Trinajstić information content (AvgIpc) is 2.97. The van der Waals surface area contributed by atoms with Crippen LogP contribution in [0.2, 0.25) is 0 Å². The third-order valence-corrected chi connectivity index (χ3v) is 4.21. The number of fused-ring (bicyclic) bond motifs is 1. The summed E-state index contributed by atoms with van der Waals surface area (Å²) in [5.74, 6) is 2.68. The van der Waals surface area contributed by atoms with E-state index in [0.29, 0.717) is 12.0 Å². The summed E-state index contributed by atoms with van der Waals surface area (Å²) in [4.78, 5) is 0. The Morgan fingerprint density at radius 3 is 3.11 bits per heavy atom. The van der Waals surface area contributed by atoms with Crippen molar-refractivity contribution in [2.24, 2.45) is 0 Å². The molecule has 1 fully saturated rings. The quantitative estimate of drug-likeness (QED) is 0.895. The van der Waals surface area contributed by atoms with Gasteiger partial charge in [-0.25, -0.2) is 0 Å². The zero-order valence-electron chi connectivity index (χ0n) is 11.8. The fourth-order valence-electron chi connectivity index (χ4n) is 3.12. The number of hydrogen-bond donors (Lipinski definition) is 1. The van der Waals surface area contributed by atoms with Crippen molar-refractivity contribution in [2.45, 2.75) is 57.5 Å². The van der Waals surface area contributed by atoms with Crippen LogP contribution in [0.3, 0.4) is 0 Å². The van der Waals surface area contributed by atoms with E-state index in [-0.39, 0.29) is 0 Å². The minimum atomic E-state index is 0.367. The first-order valence-electron chi connectivity index (χ1n) is 7.63. The summed E-state index contributed by atoms with van der Waals surface area (Å²) in [6.07, 6.45) is 6.03. The summed E-state index contributed by atoms with van der Waals surface area (Å²) in [6, 6.07) is 0.400. The van der Waals surface area contributed by atoms with E-state index in [0.717, 1.165) is 45.0 Å². The van der Waals surface area contributed by atoms with Gasteiger partial charge >= 0.3 is 0 Å². The van der Waals surface area contributed by atoms with Crippen LogP contribution in [0.15, 0.2) is 0 Å². The molecule has 0 amide bonds. The molecule has 0 spiro atoms. The second kappa shape index (κ2) is 6.01. The van der Waals surface area contributed by atoms with Crippen LogP contribution in [0, 0.1) is 0 Å². The van der Waals surface area contributed by atoms with Crippen molar-refractivity contribution < 1.29 is 4.74 Å². The van der Waals surface area contributed by atoms with Crippen molar-refractivity contribution in [1.82, 2.24) is 20.1 Å². The monoisotopic (exact) mass is 264 g/mol. The van der Waals surface area contributed by atoms with Gasteiger partial charge in [-0.05, 0) is 25.8 Å². The maximum Gasteiger partial charge on any atom is 0.140 e. The highest BCUT2D eigenvalue weighted by Gasteiger charge is 2.33. The molecule has 0 radical (unpaired) electrons. The molecular formula is C14H24N4O. The van der Waals surface area contributed by atoms with Gasteiger partial charge in [0.2, 0.25) is 0 Å². The minimum Gasteiger partial charge on any atom is -0.379 e. The molecule has 0 saturated carbocycles. The fraction of sp³-hybridized carbons (Fsp3) is 0.857. The predicted octanol–water partition coefficient (Wildman–Crippen LogP) is 1.49. The predicted molar refractivity (Wildman–Crippen MR) is 73.2 cm³/mol. The second-order valence-electron chi connectivity index (χ2n) is 5.64. The Labute approximate surface area is 114 Å². The van der Waals surface area contributed by atoms with E-state index >= 15 is 0 Å². The highest BCUT2D eigenvalue weighted by Crippen LogP contribution is 2.27. The first kappa shape index (κ1) is 13.1. The Morgan fingerprint density at radius 1 is 1.26 bits per heavy atom. The molecule has 2 aliphatic rings. The molecule has 2 unspecified atom stereocenters. The van der Waals surface area contributed by atoms with Crippen molar-refractivity contribution in [3.63, 3.8) is 0 Å². The van der Waals surface area contributed by atoms with E-state index in [1.807, 2.05) is 0 Å². The zero-order valence-corrected chi connectivity index (χ0v) is 11.8. The van der Waals surface area contributed by atoms with E-state index in [1.165, 1.54) is 25.1 Å². The molecule has 3 rings (SSSR count). The summed E-state index contributed by atoms with van der Waals surface area (Å²) >= 11 is 0. The molecule has 5 nitrogen and oxygen atoms in total. The molecule has 106 valence electrons. The third-order valence-electron chi connectivity index (χ3n) is 4.21. The number of nitrogens with zero attached hydrogens (tertiary/aromatic N) is 3. The number of ether oxygens (including phenoxy) is 1. The molecule has 19 heavy (non-hydrogen) atoms. The lowest BCUT2D eigenvalue weighted by atomic mass is 10.0. The lowest BCUT2D eigenvalue weighted by Gasteiger charge is -2.19. The van der Waals surface area contributed by atoms with Gasteiger partial charge in [-0.2, -0.15) is 0 Å². The highest BCUT2D eigenvalue weighted by atomic mass is 16.5. The Balaban J connectivity index is 1.79. The summed E-state index contributed by atoms with van der Waals surface area (Å²) in [5, 5.41) is 12.5. The van der Waals surface area contributed by atoms with E-state index in [4.69, 9.17) is 4.74 Å². The average molecular weight is 264 g/mol. The van der Waals surface area contributed by atoms with E-state index in [1.54, 1.807) is 0 Å². The highest BCUT2D eigenvalue weighted by molar-refractivity contribution is 5.09. The Kier molecular flexibility index (Phi) is 4.13. The number of aromatic nitrogens is 3. The number of rotatable bonds is 4. The smallest absolute Gasteiger partial charge is 0.140 e. The lowest BCUT2D eigenvalue weighted by molar-refractivity contribution is 0.187. The largest absolute Gasteiger partial charge is 0.379 e. The van der Waals surface area contributed by atoms with Gasteiger partial charge < -0.3 is 14.6 Å². The fourth-order valence-corrected chi connectivity index (χ4v) is 3.12. The summed E-state index contributed by atoms with van der Waals surface area (Å²) in [7, 11) is 0. The summed E-state index contributed by atoms with van der Waals surface area (Å²) in [5.41, 5.74) is 0. The molecule has 2 atom stereocenters. The minimum absolute atomic E-state index is 0.367. The van der Waals surface area contributed by atoms with Gasteiger partial charge in [-0.15, -0.1) is 10.2 Å². The van der Waals surface area contributed by atoms with Crippen molar-refractivity contribution in [3.8, 4) is 0 Å². The molecule has 5 heteroatoms. The van der Waals surface area contributed by atoms with Crippen LogP contribution in [-0.4, -0.2) is 40.6 Å². The van der Waals surface area contributed by atoms with E-state index in [2.05, 4.69) is 27.0 Å². The van der Waals surface area contributed by atoms with E-state index < -0.39 is 0 Å². The molecule has 1 aromatic heterocycles. The zero-order chi connectivity index (χ0) is 13.1. The topological polar surface area (TPSA) is 52.0 Å². The van der Waals surface area contributed by atoms with Gasteiger partial charge in [0.1, 0.15) is 11.6 Å². The van der Waals surface area contributed by atoms with Gasteiger partial charge in [0.05, 0.1) is 19.1 Å². The molecule has 1 saturated heterocycles. The molecule has 2 aliphatic heterocycles. The Morgan fingerprint density at radius 2 is 2.21 bits per heavy atom. The van der Waals surface area contributed by atoms with Crippen molar-refractivity contribution in [3.05, 3.63) is 11.6 Å². The maximum absolute atomic E-state index is 5.67. The maximum atomic E-state index is 5.67. The first-order valence-corrected chi connectivity index (χ1v) is 7.63. The van der Waals surface area contributed by atoms with Gasteiger partial charge in [-0.1, -0.05) is 13.3 Å². The van der Waals surface area contributed by atoms with Crippen molar-refractivity contribution in [1.29, 1.82) is 0 Å².